The fourth-order valence-corrected chi connectivity index (χ4v) is 2.79. The molecule has 0 atom stereocenters. The fourth-order valence-electron chi connectivity index (χ4n) is 2.45. The first-order valence-electron chi connectivity index (χ1n) is 8.24. The Bertz CT molecular complexity index is 968. The Morgan fingerprint density at radius 1 is 1.04 bits per heavy atom. The third-order valence-electron chi connectivity index (χ3n) is 3.77. The van der Waals surface area contributed by atoms with Crippen LogP contribution in [-0.2, 0) is 6.61 Å². The molecule has 1 heterocycles. The lowest BCUT2D eigenvalue weighted by atomic mass is 10.1. The minimum atomic E-state index is -0.444. The van der Waals surface area contributed by atoms with Crippen molar-refractivity contribution in [3.05, 3.63) is 87.7 Å². The van der Waals surface area contributed by atoms with E-state index in [0.29, 0.717) is 23.6 Å². The number of aromatic amines is 1. The van der Waals surface area contributed by atoms with E-state index < -0.39 is 11.8 Å². The van der Waals surface area contributed by atoms with Gasteiger partial charge in [0.05, 0.1) is 0 Å². The Labute approximate surface area is 165 Å². The minimum absolute atomic E-state index is 0.331. The van der Waals surface area contributed by atoms with Crippen molar-refractivity contribution in [2.75, 3.05) is 0 Å². The van der Waals surface area contributed by atoms with Crippen molar-refractivity contribution < 1.29 is 14.3 Å². The molecule has 7 heteroatoms. The Morgan fingerprint density at radius 2 is 1.81 bits per heavy atom. The maximum Gasteiger partial charge on any atom is 0.286 e. The third-order valence-corrected chi connectivity index (χ3v) is 4.22. The van der Waals surface area contributed by atoms with Crippen LogP contribution in [0.15, 0.2) is 65.3 Å². The van der Waals surface area contributed by atoms with Gasteiger partial charge in [-0.2, -0.15) is 0 Å². The van der Waals surface area contributed by atoms with E-state index in [9.17, 15) is 9.59 Å². The van der Waals surface area contributed by atoms with E-state index >= 15 is 0 Å². The average Bonchev–Trinajstić information content (AvgIpc) is 3.11. The molecule has 2 amide bonds. The first-order chi connectivity index (χ1) is 13.0. The Balaban J connectivity index is 1.57. The van der Waals surface area contributed by atoms with Crippen LogP contribution in [0.4, 0.5) is 0 Å². The van der Waals surface area contributed by atoms with Crippen molar-refractivity contribution in [3.63, 3.8) is 0 Å². The summed E-state index contributed by atoms with van der Waals surface area (Å²) in [5.74, 6) is -0.306. The molecule has 0 bridgehead atoms. The second kappa shape index (κ2) is 8.55. The molecule has 0 saturated carbocycles. The van der Waals surface area contributed by atoms with Crippen LogP contribution in [0.3, 0.4) is 0 Å². The average molecular weight is 428 g/mol. The van der Waals surface area contributed by atoms with Gasteiger partial charge in [-0.25, -0.2) is 0 Å². The van der Waals surface area contributed by atoms with E-state index in [-0.39, 0.29) is 0 Å². The first kappa shape index (κ1) is 18.7. The zero-order valence-corrected chi connectivity index (χ0v) is 16.2. The van der Waals surface area contributed by atoms with Crippen LogP contribution in [0, 0.1) is 6.92 Å². The number of H-pyrrole nitrogens is 1. The number of hydrogen-bond acceptors (Lipinski definition) is 3. The van der Waals surface area contributed by atoms with Crippen LogP contribution < -0.4 is 15.6 Å². The lowest BCUT2D eigenvalue weighted by molar-refractivity contribution is 0.0844. The summed E-state index contributed by atoms with van der Waals surface area (Å²) in [7, 11) is 0. The van der Waals surface area contributed by atoms with E-state index in [0.717, 1.165) is 15.6 Å². The van der Waals surface area contributed by atoms with E-state index in [1.807, 2.05) is 31.2 Å². The molecule has 0 aliphatic rings. The van der Waals surface area contributed by atoms with Crippen molar-refractivity contribution in [3.8, 4) is 5.75 Å². The number of carbonyl (C=O) groups is 2. The number of carbonyl (C=O) groups excluding carboxylic acids is 2. The van der Waals surface area contributed by atoms with E-state index in [4.69, 9.17) is 4.74 Å². The smallest absolute Gasteiger partial charge is 0.286 e. The molecule has 2 aromatic carbocycles. The molecule has 138 valence electrons. The normalized spacial score (nSPS) is 10.3. The largest absolute Gasteiger partial charge is 0.489 e. The standard InChI is InChI=1S/C20H18BrN3O3/c1-13-4-2-5-14(8-13)12-27-17-7-3-6-15(9-17)19(25)23-24-20(26)18-10-16(21)11-22-18/h2-11,22H,12H2,1H3,(H,23,25)(H,24,26). The summed E-state index contributed by atoms with van der Waals surface area (Å²) < 4.78 is 6.51. The van der Waals surface area contributed by atoms with Crippen molar-refractivity contribution in [1.29, 1.82) is 0 Å². The lowest BCUT2D eigenvalue weighted by Crippen LogP contribution is -2.41. The number of hydrazine groups is 1. The minimum Gasteiger partial charge on any atom is -0.489 e. The fraction of sp³-hybridized carbons (Fsp3) is 0.100. The van der Waals surface area contributed by atoms with Gasteiger partial charge in [-0.1, -0.05) is 35.9 Å². The highest BCUT2D eigenvalue weighted by atomic mass is 79.9. The van der Waals surface area contributed by atoms with Gasteiger partial charge in [0.15, 0.2) is 0 Å². The van der Waals surface area contributed by atoms with Crippen molar-refractivity contribution in [1.82, 2.24) is 15.8 Å². The van der Waals surface area contributed by atoms with Gasteiger partial charge >= 0.3 is 0 Å². The predicted octanol–water partition coefficient (Wildman–Crippen LogP) is 3.74. The van der Waals surface area contributed by atoms with Crippen LogP contribution in [0.5, 0.6) is 5.75 Å². The number of aromatic nitrogens is 1. The molecule has 6 nitrogen and oxygen atoms in total. The maximum absolute atomic E-state index is 12.3. The number of benzene rings is 2. The van der Waals surface area contributed by atoms with Crippen LogP contribution in [-0.4, -0.2) is 16.8 Å². The van der Waals surface area contributed by atoms with E-state index in [1.54, 1.807) is 36.5 Å². The maximum atomic E-state index is 12.3. The van der Waals surface area contributed by atoms with E-state index in [2.05, 4.69) is 31.8 Å². The molecular formula is C20H18BrN3O3. The van der Waals surface area contributed by atoms with Crippen LogP contribution in [0.1, 0.15) is 32.0 Å². The lowest BCUT2D eigenvalue weighted by Gasteiger charge is -2.10. The van der Waals surface area contributed by atoms with Gasteiger partial charge in [0.25, 0.3) is 11.8 Å². The molecule has 0 fully saturated rings. The molecular weight excluding hydrogens is 410 g/mol. The van der Waals surface area contributed by atoms with Gasteiger partial charge < -0.3 is 9.72 Å². The Kier molecular flexibility index (Phi) is 5.93. The molecule has 3 aromatic rings. The van der Waals surface area contributed by atoms with Gasteiger partial charge in [0.1, 0.15) is 18.1 Å². The predicted molar refractivity (Wildman–Crippen MR) is 105 cm³/mol. The van der Waals surface area contributed by atoms with Crippen molar-refractivity contribution >= 4 is 27.7 Å². The van der Waals surface area contributed by atoms with Crippen LogP contribution in [0.25, 0.3) is 0 Å². The molecule has 0 aliphatic heterocycles. The first-order valence-corrected chi connectivity index (χ1v) is 9.03. The molecule has 0 aliphatic carbocycles. The van der Waals surface area contributed by atoms with Gasteiger partial charge in [-0.15, -0.1) is 0 Å². The second-order valence-electron chi connectivity index (χ2n) is 5.95. The van der Waals surface area contributed by atoms with Gasteiger partial charge in [0.2, 0.25) is 0 Å². The monoisotopic (exact) mass is 427 g/mol. The van der Waals surface area contributed by atoms with Gasteiger partial charge in [-0.05, 0) is 52.7 Å². The summed E-state index contributed by atoms with van der Waals surface area (Å²) in [6.45, 7) is 2.43. The second-order valence-corrected chi connectivity index (χ2v) is 6.86. The highest BCUT2D eigenvalue weighted by Crippen LogP contribution is 2.16. The zero-order chi connectivity index (χ0) is 19.2. The van der Waals surface area contributed by atoms with Gasteiger partial charge in [0, 0.05) is 16.2 Å². The van der Waals surface area contributed by atoms with Gasteiger partial charge in [-0.3, -0.25) is 20.4 Å². The summed E-state index contributed by atoms with van der Waals surface area (Å²) in [5.41, 5.74) is 7.67. The summed E-state index contributed by atoms with van der Waals surface area (Å²) >= 11 is 3.25. The SMILES string of the molecule is Cc1cccc(COc2cccc(C(=O)NNC(=O)c3cc(Br)c[nH]3)c2)c1. The highest BCUT2D eigenvalue weighted by molar-refractivity contribution is 9.10. The number of nitrogens with one attached hydrogen (secondary N) is 3. The zero-order valence-electron chi connectivity index (χ0n) is 14.6. The third kappa shape index (κ3) is 5.21. The van der Waals surface area contributed by atoms with Crippen LogP contribution >= 0.6 is 15.9 Å². The molecule has 27 heavy (non-hydrogen) atoms. The topological polar surface area (TPSA) is 83.2 Å². The molecule has 0 saturated heterocycles. The van der Waals surface area contributed by atoms with Crippen molar-refractivity contribution in [2.45, 2.75) is 13.5 Å². The quantitative estimate of drug-likeness (QED) is 0.542. The summed E-state index contributed by atoms with van der Waals surface area (Å²) in [5, 5.41) is 0. The summed E-state index contributed by atoms with van der Waals surface area (Å²) in [6, 6.07) is 16.4. The number of ether oxygens (including phenoxy) is 1. The molecule has 3 rings (SSSR count). The Morgan fingerprint density at radius 3 is 2.56 bits per heavy atom. The van der Waals surface area contributed by atoms with Crippen LogP contribution in [0.2, 0.25) is 0 Å². The number of halogens is 1. The Hall–Kier alpha value is -3.06. The number of amides is 2. The molecule has 1 aromatic heterocycles. The molecule has 0 spiro atoms. The highest BCUT2D eigenvalue weighted by Gasteiger charge is 2.11. The number of aryl methyl sites for hydroxylation is 1. The number of hydrogen-bond donors (Lipinski definition) is 3. The molecule has 3 N–H and O–H groups in total. The summed E-state index contributed by atoms with van der Waals surface area (Å²) in [6.07, 6.45) is 1.63. The molecule has 0 unspecified atom stereocenters. The summed E-state index contributed by atoms with van der Waals surface area (Å²) in [4.78, 5) is 27.0. The molecule has 0 radical (unpaired) electrons. The number of rotatable bonds is 5. The van der Waals surface area contributed by atoms with E-state index in [1.165, 1.54) is 0 Å². The van der Waals surface area contributed by atoms with Crippen molar-refractivity contribution in [2.24, 2.45) is 0 Å².